The molecular formula is C20H27N3O5. The van der Waals surface area contributed by atoms with Gasteiger partial charge in [-0.3, -0.25) is 19.7 Å². The fourth-order valence-corrected chi connectivity index (χ4v) is 3.53. The van der Waals surface area contributed by atoms with Crippen LogP contribution in [0.1, 0.15) is 70.8 Å². The summed E-state index contributed by atoms with van der Waals surface area (Å²) in [5.74, 6) is -1.19. The van der Waals surface area contributed by atoms with Crippen LogP contribution in [-0.4, -0.2) is 39.5 Å². The Balaban J connectivity index is 1.50. The van der Waals surface area contributed by atoms with Crippen molar-refractivity contribution in [3.8, 4) is 6.01 Å². The first-order valence-corrected chi connectivity index (χ1v) is 9.76. The van der Waals surface area contributed by atoms with E-state index in [2.05, 4.69) is 15.3 Å². The largest absolute Gasteiger partial charge is 0.460 e. The first-order valence-electron chi connectivity index (χ1n) is 9.76. The number of hydrogen-bond acceptors (Lipinski definition) is 7. The molecule has 3 rings (SSSR count). The third-order valence-electron chi connectivity index (χ3n) is 4.98. The van der Waals surface area contributed by atoms with Crippen LogP contribution in [0.3, 0.4) is 0 Å². The van der Waals surface area contributed by atoms with Crippen molar-refractivity contribution in [3.05, 3.63) is 18.0 Å². The molecular weight excluding hydrogens is 362 g/mol. The lowest BCUT2D eigenvalue weighted by Gasteiger charge is -2.29. The Morgan fingerprint density at radius 2 is 1.71 bits per heavy atom. The van der Waals surface area contributed by atoms with Crippen molar-refractivity contribution in [2.75, 3.05) is 0 Å². The number of esters is 1. The predicted octanol–water partition coefficient (Wildman–Crippen LogP) is 2.28. The van der Waals surface area contributed by atoms with Crippen molar-refractivity contribution in [3.63, 3.8) is 0 Å². The summed E-state index contributed by atoms with van der Waals surface area (Å²) in [6.45, 7) is 5.61. The smallest absolute Gasteiger partial charge is 0.316 e. The molecule has 2 fully saturated rings. The van der Waals surface area contributed by atoms with Crippen LogP contribution in [-0.2, 0) is 19.1 Å². The number of aromatic nitrogens is 2. The first kappa shape index (κ1) is 20.2. The van der Waals surface area contributed by atoms with E-state index in [9.17, 15) is 14.4 Å². The molecule has 28 heavy (non-hydrogen) atoms. The first-order chi connectivity index (χ1) is 13.2. The van der Waals surface area contributed by atoms with Gasteiger partial charge in [-0.2, -0.15) is 0 Å². The minimum atomic E-state index is -0.470. The van der Waals surface area contributed by atoms with E-state index in [1.165, 1.54) is 0 Å². The van der Waals surface area contributed by atoms with Crippen LogP contribution in [0.5, 0.6) is 6.01 Å². The van der Waals surface area contributed by atoms with Crippen molar-refractivity contribution in [2.45, 2.75) is 76.9 Å². The molecule has 8 nitrogen and oxygen atoms in total. The van der Waals surface area contributed by atoms with E-state index in [4.69, 9.17) is 9.47 Å². The van der Waals surface area contributed by atoms with E-state index in [0.29, 0.717) is 31.2 Å². The van der Waals surface area contributed by atoms with Crippen LogP contribution in [0.25, 0.3) is 0 Å². The molecule has 0 spiro atoms. The van der Waals surface area contributed by atoms with Gasteiger partial charge in [0.2, 0.25) is 11.8 Å². The van der Waals surface area contributed by atoms with Gasteiger partial charge in [-0.1, -0.05) is 0 Å². The number of hydrogen-bond donors (Lipinski definition) is 1. The van der Waals surface area contributed by atoms with E-state index < -0.39 is 11.5 Å². The van der Waals surface area contributed by atoms with Gasteiger partial charge in [-0.15, -0.1) is 0 Å². The van der Waals surface area contributed by atoms with Crippen LogP contribution < -0.4 is 10.1 Å². The maximum absolute atomic E-state index is 12.2. The minimum Gasteiger partial charge on any atom is -0.460 e. The molecule has 1 aromatic heterocycles. The van der Waals surface area contributed by atoms with Gasteiger partial charge in [-0.05, 0) is 52.9 Å². The van der Waals surface area contributed by atoms with Gasteiger partial charge in [-0.25, -0.2) is 9.97 Å². The van der Waals surface area contributed by atoms with Crippen molar-refractivity contribution < 1.29 is 23.9 Å². The molecule has 1 unspecified atom stereocenters. The van der Waals surface area contributed by atoms with Crippen molar-refractivity contribution in [1.82, 2.24) is 15.3 Å². The Hall–Kier alpha value is -2.51. The third kappa shape index (κ3) is 5.27. The molecule has 2 heterocycles. The Morgan fingerprint density at radius 1 is 1.07 bits per heavy atom. The Morgan fingerprint density at radius 3 is 2.29 bits per heavy atom. The maximum atomic E-state index is 12.2. The lowest BCUT2D eigenvalue weighted by atomic mass is 9.87. The zero-order valence-corrected chi connectivity index (χ0v) is 16.6. The van der Waals surface area contributed by atoms with Gasteiger partial charge in [0.25, 0.3) is 0 Å². The molecule has 2 amide bonds. The van der Waals surface area contributed by atoms with Crippen LogP contribution >= 0.6 is 0 Å². The number of imide groups is 1. The summed E-state index contributed by atoms with van der Waals surface area (Å²) >= 11 is 0. The molecule has 1 aliphatic carbocycles. The maximum Gasteiger partial charge on any atom is 0.316 e. The summed E-state index contributed by atoms with van der Waals surface area (Å²) in [7, 11) is 0. The normalized spacial score (nSPS) is 25.8. The Labute approximate surface area is 164 Å². The second-order valence-corrected chi connectivity index (χ2v) is 8.43. The molecule has 2 aliphatic rings. The second kappa shape index (κ2) is 8.24. The Bertz CT molecular complexity index is 733. The number of amides is 2. The van der Waals surface area contributed by atoms with Gasteiger partial charge in [0, 0.05) is 24.4 Å². The summed E-state index contributed by atoms with van der Waals surface area (Å²) < 4.78 is 11.3. The molecule has 152 valence electrons. The highest BCUT2D eigenvalue weighted by Gasteiger charge is 2.31. The molecule has 0 radical (unpaired) electrons. The van der Waals surface area contributed by atoms with Gasteiger partial charge in [0.1, 0.15) is 11.7 Å². The van der Waals surface area contributed by atoms with Crippen LogP contribution in [0.4, 0.5) is 0 Å². The predicted molar refractivity (Wildman–Crippen MR) is 99.4 cm³/mol. The van der Waals surface area contributed by atoms with Crippen LogP contribution in [0.15, 0.2) is 12.4 Å². The zero-order valence-electron chi connectivity index (χ0n) is 16.6. The molecule has 1 aromatic rings. The number of carbonyl (C=O) groups is 3. The van der Waals surface area contributed by atoms with E-state index in [1.807, 2.05) is 20.8 Å². The highest BCUT2D eigenvalue weighted by molar-refractivity contribution is 6.00. The summed E-state index contributed by atoms with van der Waals surface area (Å²) in [5, 5.41) is 2.33. The molecule has 1 saturated heterocycles. The fraction of sp³-hybridized carbons (Fsp3) is 0.650. The van der Waals surface area contributed by atoms with Gasteiger partial charge in [0.15, 0.2) is 0 Å². The monoisotopic (exact) mass is 389 g/mol. The highest BCUT2D eigenvalue weighted by Crippen LogP contribution is 2.29. The average Bonchev–Trinajstić information content (AvgIpc) is 2.62. The van der Waals surface area contributed by atoms with Gasteiger partial charge >= 0.3 is 12.0 Å². The standard InChI is InChI=1S/C20H27N3O5/c1-20(2,3)28-18(26)12-4-6-14(7-5-12)27-19-21-10-13(11-22-19)15-8-9-16(24)23-17(15)25/h10-12,14-15H,4-9H2,1-3H3,(H,23,24,25)/t12-,14-,15?. The number of nitrogens with one attached hydrogen (secondary N) is 1. The summed E-state index contributed by atoms with van der Waals surface area (Å²) in [5.41, 5.74) is 0.203. The molecule has 8 heteroatoms. The van der Waals surface area contributed by atoms with E-state index in [-0.39, 0.29) is 35.8 Å². The van der Waals surface area contributed by atoms with Crippen LogP contribution in [0, 0.1) is 5.92 Å². The van der Waals surface area contributed by atoms with E-state index in [0.717, 1.165) is 12.8 Å². The topological polar surface area (TPSA) is 107 Å². The lowest BCUT2D eigenvalue weighted by Crippen LogP contribution is -2.39. The van der Waals surface area contributed by atoms with Crippen molar-refractivity contribution in [1.29, 1.82) is 0 Å². The third-order valence-corrected chi connectivity index (χ3v) is 4.98. The van der Waals surface area contributed by atoms with Gasteiger partial charge in [0.05, 0.1) is 11.8 Å². The van der Waals surface area contributed by atoms with E-state index in [1.54, 1.807) is 12.4 Å². The van der Waals surface area contributed by atoms with E-state index >= 15 is 0 Å². The average molecular weight is 389 g/mol. The Kier molecular flexibility index (Phi) is 5.96. The SMILES string of the molecule is CC(C)(C)OC(=O)[C@H]1CC[C@H](Oc2ncc(C3CCC(=O)NC3=O)cn2)CC1. The van der Waals surface area contributed by atoms with Crippen LogP contribution in [0.2, 0.25) is 0 Å². The van der Waals surface area contributed by atoms with Crippen molar-refractivity contribution >= 4 is 17.8 Å². The summed E-state index contributed by atoms with van der Waals surface area (Å²) in [4.78, 5) is 43.8. The highest BCUT2D eigenvalue weighted by atomic mass is 16.6. The number of nitrogens with zero attached hydrogens (tertiary/aromatic N) is 2. The quantitative estimate of drug-likeness (QED) is 0.622. The summed E-state index contributed by atoms with van der Waals surface area (Å²) in [6.07, 6.45) is 6.80. The molecule has 0 aromatic carbocycles. The second-order valence-electron chi connectivity index (χ2n) is 8.43. The molecule has 1 aliphatic heterocycles. The number of piperidine rings is 1. The zero-order chi connectivity index (χ0) is 20.3. The molecule has 1 N–H and O–H groups in total. The number of rotatable bonds is 4. The molecule has 1 atom stereocenters. The summed E-state index contributed by atoms with van der Waals surface area (Å²) in [6, 6.07) is 0.261. The van der Waals surface area contributed by atoms with Gasteiger partial charge < -0.3 is 9.47 Å². The number of ether oxygens (including phenoxy) is 2. The van der Waals surface area contributed by atoms with Crippen molar-refractivity contribution in [2.24, 2.45) is 5.92 Å². The molecule has 1 saturated carbocycles. The molecule has 0 bridgehead atoms. The lowest BCUT2D eigenvalue weighted by molar-refractivity contribution is -0.161. The fourth-order valence-electron chi connectivity index (χ4n) is 3.53. The number of carbonyl (C=O) groups excluding carboxylic acids is 3. The minimum absolute atomic E-state index is 0.0415.